The van der Waals surface area contributed by atoms with Crippen molar-refractivity contribution in [3.8, 4) is 5.75 Å². The molecule has 6 nitrogen and oxygen atoms in total. The second kappa shape index (κ2) is 5.85. The molecule has 0 atom stereocenters. The molecule has 1 aromatic carbocycles. The first-order valence-corrected chi connectivity index (χ1v) is 6.91. The van der Waals surface area contributed by atoms with E-state index in [1.54, 1.807) is 54.5 Å². The molecular formula is C16H15N3O3. The average Bonchev–Trinajstić information content (AvgIpc) is 2.68. The lowest BCUT2D eigenvalue weighted by Gasteiger charge is -2.17. The van der Waals surface area contributed by atoms with Gasteiger partial charge in [0, 0.05) is 18.9 Å². The number of pyridine rings is 1. The van der Waals surface area contributed by atoms with Gasteiger partial charge in [-0.05, 0) is 30.3 Å². The molecule has 1 N–H and O–H groups in total. The number of carbonyl (C=O) groups is 2. The first-order valence-electron chi connectivity index (χ1n) is 6.91. The Balaban J connectivity index is 1.86. The summed E-state index contributed by atoms with van der Waals surface area (Å²) in [6.07, 6.45) is 1.90. The van der Waals surface area contributed by atoms with Crippen LogP contribution in [0, 0.1) is 0 Å². The number of carbonyl (C=O) groups excluding carboxylic acids is 2. The van der Waals surface area contributed by atoms with Gasteiger partial charge in [0.05, 0.1) is 18.7 Å². The Morgan fingerprint density at radius 2 is 2.18 bits per heavy atom. The molecule has 0 saturated carbocycles. The van der Waals surface area contributed by atoms with E-state index in [-0.39, 0.29) is 11.8 Å². The quantitative estimate of drug-likeness (QED) is 0.921. The van der Waals surface area contributed by atoms with Crippen LogP contribution in [0.4, 0.5) is 11.4 Å². The van der Waals surface area contributed by atoms with Crippen molar-refractivity contribution in [1.29, 1.82) is 0 Å². The van der Waals surface area contributed by atoms with Crippen LogP contribution >= 0.6 is 0 Å². The molecule has 0 bridgehead atoms. The van der Waals surface area contributed by atoms with Gasteiger partial charge in [-0.15, -0.1) is 0 Å². The lowest BCUT2D eigenvalue weighted by Crippen LogP contribution is -2.25. The minimum absolute atomic E-state index is 0.0213. The van der Waals surface area contributed by atoms with E-state index < -0.39 is 0 Å². The third kappa shape index (κ3) is 2.76. The molecule has 0 fully saturated rings. The molecule has 0 saturated heterocycles. The normalized spacial score (nSPS) is 13.9. The molecule has 6 heteroatoms. The van der Waals surface area contributed by atoms with Gasteiger partial charge in [-0.25, -0.2) is 0 Å². The Kier molecular flexibility index (Phi) is 3.74. The molecule has 1 aromatic heterocycles. The molecule has 0 radical (unpaired) electrons. The van der Waals surface area contributed by atoms with Gasteiger partial charge in [-0.3, -0.25) is 14.6 Å². The Hall–Kier alpha value is -2.89. The van der Waals surface area contributed by atoms with Gasteiger partial charge >= 0.3 is 0 Å². The molecule has 0 spiro atoms. The first-order chi connectivity index (χ1) is 10.6. The third-order valence-electron chi connectivity index (χ3n) is 3.42. The van der Waals surface area contributed by atoms with Crippen LogP contribution in [-0.4, -0.2) is 30.5 Å². The van der Waals surface area contributed by atoms with Crippen LogP contribution in [0.25, 0.3) is 0 Å². The monoisotopic (exact) mass is 297 g/mol. The van der Waals surface area contributed by atoms with Crippen LogP contribution in [-0.2, 0) is 4.79 Å². The van der Waals surface area contributed by atoms with Crippen molar-refractivity contribution in [2.24, 2.45) is 0 Å². The summed E-state index contributed by atoms with van der Waals surface area (Å²) in [4.78, 5) is 29.5. The van der Waals surface area contributed by atoms with Crippen LogP contribution in [0.1, 0.15) is 16.9 Å². The molecule has 2 amide bonds. The highest BCUT2D eigenvalue weighted by molar-refractivity contribution is 6.03. The van der Waals surface area contributed by atoms with Crippen molar-refractivity contribution < 1.29 is 14.3 Å². The molecule has 22 heavy (non-hydrogen) atoms. The van der Waals surface area contributed by atoms with Crippen molar-refractivity contribution >= 4 is 23.2 Å². The summed E-state index contributed by atoms with van der Waals surface area (Å²) in [6, 6.07) is 10.3. The molecule has 2 heterocycles. The van der Waals surface area contributed by atoms with Gasteiger partial charge in [0.15, 0.2) is 0 Å². The Morgan fingerprint density at radius 3 is 2.95 bits per heavy atom. The second-order valence-electron chi connectivity index (χ2n) is 4.90. The molecule has 1 aliphatic heterocycles. The summed E-state index contributed by atoms with van der Waals surface area (Å²) in [5.74, 6) is 0.306. The molecule has 3 rings (SSSR count). The van der Waals surface area contributed by atoms with E-state index in [0.717, 1.165) is 0 Å². The fourth-order valence-corrected chi connectivity index (χ4v) is 2.22. The van der Waals surface area contributed by atoms with Crippen molar-refractivity contribution in [2.75, 3.05) is 23.9 Å². The highest BCUT2D eigenvalue weighted by Gasteiger charge is 2.20. The lowest BCUT2D eigenvalue weighted by atomic mass is 10.2. The Bertz CT molecular complexity index is 716. The highest BCUT2D eigenvalue weighted by Crippen LogP contribution is 2.33. The minimum Gasteiger partial charge on any atom is -0.491 e. The summed E-state index contributed by atoms with van der Waals surface area (Å²) < 4.78 is 5.55. The van der Waals surface area contributed by atoms with Gasteiger partial charge < -0.3 is 15.0 Å². The van der Waals surface area contributed by atoms with E-state index in [1.807, 2.05) is 0 Å². The second-order valence-corrected chi connectivity index (χ2v) is 4.90. The number of hydrogen-bond acceptors (Lipinski definition) is 4. The average molecular weight is 297 g/mol. The fourth-order valence-electron chi connectivity index (χ4n) is 2.22. The van der Waals surface area contributed by atoms with E-state index in [1.165, 1.54) is 0 Å². The fraction of sp³-hybridized carbons (Fsp3) is 0.188. The van der Waals surface area contributed by atoms with Crippen molar-refractivity contribution in [1.82, 2.24) is 4.98 Å². The smallest absolute Gasteiger partial charge is 0.274 e. The van der Waals surface area contributed by atoms with E-state index >= 15 is 0 Å². The Morgan fingerprint density at radius 1 is 1.32 bits per heavy atom. The Labute approximate surface area is 127 Å². The lowest BCUT2D eigenvalue weighted by molar-refractivity contribution is -0.118. The maximum absolute atomic E-state index is 12.1. The van der Waals surface area contributed by atoms with Crippen LogP contribution in [0.15, 0.2) is 42.6 Å². The number of amides is 2. The number of rotatable bonds is 2. The molecule has 112 valence electrons. The third-order valence-corrected chi connectivity index (χ3v) is 3.42. The largest absolute Gasteiger partial charge is 0.491 e. The number of nitrogens with zero attached hydrogens (tertiary/aromatic N) is 2. The molecule has 2 aromatic rings. The zero-order valence-electron chi connectivity index (χ0n) is 12.1. The van der Waals surface area contributed by atoms with Crippen LogP contribution in [0.5, 0.6) is 5.75 Å². The molecule has 0 unspecified atom stereocenters. The predicted octanol–water partition coefficient (Wildman–Crippen LogP) is 2.08. The summed E-state index contributed by atoms with van der Waals surface area (Å²) in [7, 11) is 1.69. The summed E-state index contributed by atoms with van der Waals surface area (Å²) in [6.45, 7) is 0.357. The van der Waals surface area contributed by atoms with Crippen molar-refractivity contribution in [3.63, 3.8) is 0 Å². The maximum atomic E-state index is 12.1. The molecule has 1 aliphatic rings. The van der Waals surface area contributed by atoms with Crippen LogP contribution in [0.2, 0.25) is 0 Å². The summed E-state index contributed by atoms with van der Waals surface area (Å²) in [5.41, 5.74) is 1.55. The molecular weight excluding hydrogens is 282 g/mol. The zero-order valence-corrected chi connectivity index (χ0v) is 12.1. The van der Waals surface area contributed by atoms with E-state index in [2.05, 4.69) is 10.3 Å². The van der Waals surface area contributed by atoms with Gasteiger partial charge in [-0.1, -0.05) is 6.07 Å². The number of anilines is 2. The molecule has 0 aliphatic carbocycles. The number of benzene rings is 1. The predicted molar refractivity (Wildman–Crippen MR) is 82.2 cm³/mol. The SMILES string of the molecule is CN1C(=O)CCOc2ccc(NC(=O)c3ccccn3)cc21. The van der Waals surface area contributed by atoms with E-state index in [9.17, 15) is 9.59 Å². The standard InChI is InChI=1S/C16H15N3O3/c1-19-13-10-11(5-6-14(13)22-9-7-15(19)20)18-16(21)12-4-2-3-8-17-12/h2-6,8,10H,7,9H2,1H3,(H,18,21). The van der Waals surface area contributed by atoms with Crippen molar-refractivity contribution in [3.05, 3.63) is 48.3 Å². The number of aromatic nitrogens is 1. The van der Waals surface area contributed by atoms with E-state index in [0.29, 0.717) is 35.8 Å². The van der Waals surface area contributed by atoms with Gasteiger partial charge in [0.1, 0.15) is 11.4 Å². The number of fused-ring (bicyclic) bond motifs is 1. The summed E-state index contributed by atoms with van der Waals surface area (Å²) in [5, 5.41) is 2.77. The number of hydrogen-bond donors (Lipinski definition) is 1. The number of nitrogens with one attached hydrogen (secondary N) is 1. The van der Waals surface area contributed by atoms with Gasteiger partial charge in [0.2, 0.25) is 5.91 Å². The van der Waals surface area contributed by atoms with Crippen LogP contribution < -0.4 is 15.0 Å². The zero-order chi connectivity index (χ0) is 15.5. The van der Waals surface area contributed by atoms with E-state index in [4.69, 9.17) is 4.74 Å². The maximum Gasteiger partial charge on any atom is 0.274 e. The van der Waals surface area contributed by atoms with Crippen LogP contribution in [0.3, 0.4) is 0 Å². The summed E-state index contributed by atoms with van der Waals surface area (Å²) >= 11 is 0. The number of ether oxygens (including phenoxy) is 1. The van der Waals surface area contributed by atoms with Gasteiger partial charge in [0.25, 0.3) is 5.91 Å². The topological polar surface area (TPSA) is 71.5 Å². The minimum atomic E-state index is -0.302. The highest BCUT2D eigenvalue weighted by atomic mass is 16.5. The first kappa shape index (κ1) is 14.1. The van der Waals surface area contributed by atoms with Crippen molar-refractivity contribution in [2.45, 2.75) is 6.42 Å². The van der Waals surface area contributed by atoms with Gasteiger partial charge in [-0.2, -0.15) is 0 Å².